The molecule has 1 aliphatic rings. The zero-order valence-electron chi connectivity index (χ0n) is 8.80. The van der Waals surface area contributed by atoms with Gasteiger partial charge in [-0.05, 0) is 18.4 Å². The quantitative estimate of drug-likeness (QED) is 0.419. The van der Waals surface area contributed by atoms with Crippen molar-refractivity contribution >= 4 is 6.72 Å². The van der Waals surface area contributed by atoms with Gasteiger partial charge in [0.25, 0.3) is 0 Å². The molecule has 1 heterocycles. The lowest BCUT2D eigenvalue weighted by molar-refractivity contribution is 0.0698. The summed E-state index contributed by atoms with van der Waals surface area (Å²) in [6, 6.07) is 0. The minimum absolute atomic E-state index is 0.137. The topological polar surface area (TPSA) is 50.8 Å². The lowest BCUT2D eigenvalue weighted by Gasteiger charge is -2.17. The smallest absolute Gasteiger partial charge is 0.146 e. The molecule has 4 nitrogen and oxygen atoms in total. The largest absolute Gasteiger partial charge is 0.405 e. The number of nitrogens with zero attached hydrogens (tertiary/aromatic N) is 2. The second-order valence-electron chi connectivity index (χ2n) is 3.33. The first-order valence-electron chi connectivity index (χ1n) is 4.88. The zero-order valence-corrected chi connectivity index (χ0v) is 8.80. The standard InChI is InChI=1S/C11H17N3O/c1-10(5-3-4-7-12)14-8-6-11(9-14)15-13-2/h3-5,7,11H,1-2,6,8-9,12H2/b5-3-,7-4-. The number of nitrogens with two attached hydrogens (primary N) is 1. The molecule has 0 amide bonds. The Bertz CT molecular complexity index is 284. The van der Waals surface area contributed by atoms with E-state index in [1.165, 1.54) is 6.20 Å². The number of likely N-dealkylation sites (tertiary alicyclic amines) is 1. The van der Waals surface area contributed by atoms with Gasteiger partial charge in [-0.3, -0.25) is 0 Å². The molecule has 0 saturated carbocycles. The van der Waals surface area contributed by atoms with Gasteiger partial charge in [0.2, 0.25) is 0 Å². The molecule has 1 saturated heterocycles. The van der Waals surface area contributed by atoms with Crippen LogP contribution in [0.3, 0.4) is 0 Å². The SMILES string of the molecule is C=NOC1CCN(C(=C)/C=C\C=C/N)C1. The molecule has 2 N–H and O–H groups in total. The first kappa shape index (κ1) is 11.4. The van der Waals surface area contributed by atoms with Gasteiger partial charge in [-0.1, -0.05) is 12.7 Å². The van der Waals surface area contributed by atoms with E-state index in [1.54, 1.807) is 6.08 Å². The molecular weight excluding hydrogens is 190 g/mol. The Balaban J connectivity index is 2.39. The highest BCUT2D eigenvalue weighted by Gasteiger charge is 2.23. The summed E-state index contributed by atoms with van der Waals surface area (Å²) in [4.78, 5) is 7.23. The molecule has 82 valence electrons. The van der Waals surface area contributed by atoms with Crippen molar-refractivity contribution in [1.29, 1.82) is 0 Å². The van der Waals surface area contributed by atoms with Gasteiger partial charge >= 0.3 is 0 Å². The average Bonchev–Trinajstić information content (AvgIpc) is 2.67. The fourth-order valence-corrected chi connectivity index (χ4v) is 1.52. The highest BCUT2D eigenvalue weighted by atomic mass is 16.6. The van der Waals surface area contributed by atoms with E-state index >= 15 is 0 Å². The first-order chi connectivity index (χ1) is 7.27. The van der Waals surface area contributed by atoms with Gasteiger partial charge in [0.15, 0.2) is 0 Å². The molecular formula is C11H17N3O. The lowest BCUT2D eigenvalue weighted by atomic mass is 10.3. The van der Waals surface area contributed by atoms with E-state index in [1.807, 2.05) is 12.2 Å². The third-order valence-electron chi connectivity index (χ3n) is 2.29. The Hall–Kier alpha value is -1.71. The predicted octanol–water partition coefficient (Wildman–Crippen LogP) is 1.24. The lowest BCUT2D eigenvalue weighted by Crippen LogP contribution is -2.20. The fraction of sp³-hybridized carbons (Fsp3) is 0.364. The van der Waals surface area contributed by atoms with Crippen LogP contribution in [0.2, 0.25) is 0 Å². The van der Waals surface area contributed by atoms with Crippen LogP contribution in [0, 0.1) is 0 Å². The summed E-state index contributed by atoms with van der Waals surface area (Å²) in [5, 5.41) is 3.43. The second-order valence-corrected chi connectivity index (χ2v) is 3.33. The highest BCUT2D eigenvalue weighted by molar-refractivity contribution is 5.21. The molecule has 0 spiro atoms. The van der Waals surface area contributed by atoms with Crippen LogP contribution >= 0.6 is 0 Å². The van der Waals surface area contributed by atoms with Gasteiger partial charge < -0.3 is 15.5 Å². The van der Waals surface area contributed by atoms with Crippen LogP contribution in [0.4, 0.5) is 0 Å². The molecule has 0 aromatic heterocycles. The van der Waals surface area contributed by atoms with E-state index in [4.69, 9.17) is 10.6 Å². The van der Waals surface area contributed by atoms with Crippen LogP contribution in [0.25, 0.3) is 0 Å². The van der Waals surface area contributed by atoms with Crippen molar-refractivity contribution in [3.8, 4) is 0 Å². The summed E-state index contributed by atoms with van der Waals surface area (Å²) >= 11 is 0. The molecule has 0 aromatic rings. The van der Waals surface area contributed by atoms with Gasteiger partial charge in [-0.15, -0.1) is 5.16 Å². The van der Waals surface area contributed by atoms with Gasteiger partial charge in [0.1, 0.15) is 6.10 Å². The van der Waals surface area contributed by atoms with E-state index in [-0.39, 0.29) is 6.10 Å². The molecule has 1 rings (SSSR count). The van der Waals surface area contributed by atoms with Crippen molar-refractivity contribution in [3.63, 3.8) is 0 Å². The molecule has 0 aromatic carbocycles. The normalized spacial score (nSPS) is 21.3. The number of hydrogen-bond acceptors (Lipinski definition) is 4. The number of rotatable bonds is 5. The third kappa shape index (κ3) is 3.50. The Labute approximate surface area is 90.4 Å². The fourth-order valence-electron chi connectivity index (χ4n) is 1.52. The second kappa shape index (κ2) is 5.90. The highest BCUT2D eigenvalue weighted by Crippen LogP contribution is 2.17. The maximum Gasteiger partial charge on any atom is 0.146 e. The van der Waals surface area contributed by atoms with Crippen molar-refractivity contribution in [2.24, 2.45) is 10.9 Å². The van der Waals surface area contributed by atoms with E-state index in [0.29, 0.717) is 0 Å². The minimum Gasteiger partial charge on any atom is -0.405 e. The van der Waals surface area contributed by atoms with Gasteiger partial charge in [0.05, 0.1) is 6.54 Å². The van der Waals surface area contributed by atoms with Crippen LogP contribution in [0.1, 0.15) is 6.42 Å². The van der Waals surface area contributed by atoms with Crippen molar-refractivity contribution < 1.29 is 4.84 Å². The average molecular weight is 207 g/mol. The van der Waals surface area contributed by atoms with E-state index in [0.717, 1.165) is 25.2 Å². The first-order valence-corrected chi connectivity index (χ1v) is 4.88. The van der Waals surface area contributed by atoms with Gasteiger partial charge in [-0.2, -0.15) is 0 Å². The molecule has 4 heteroatoms. The minimum atomic E-state index is 0.137. The van der Waals surface area contributed by atoms with Gasteiger partial charge in [0, 0.05) is 25.4 Å². The monoisotopic (exact) mass is 207 g/mol. The van der Waals surface area contributed by atoms with Crippen molar-refractivity contribution in [2.75, 3.05) is 13.1 Å². The molecule has 1 aliphatic heterocycles. The molecule has 0 bridgehead atoms. The van der Waals surface area contributed by atoms with Crippen LogP contribution in [-0.2, 0) is 4.84 Å². The maximum absolute atomic E-state index is 5.22. The Morgan fingerprint density at radius 1 is 1.53 bits per heavy atom. The maximum atomic E-state index is 5.22. The summed E-state index contributed by atoms with van der Waals surface area (Å²) in [5.74, 6) is 0. The van der Waals surface area contributed by atoms with E-state index in [9.17, 15) is 0 Å². The van der Waals surface area contributed by atoms with E-state index in [2.05, 4.69) is 23.4 Å². The number of oxime groups is 1. The number of hydrogen-bond donors (Lipinski definition) is 1. The summed E-state index contributed by atoms with van der Waals surface area (Å²) in [7, 11) is 0. The summed E-state index contributed by atoms with van der Waals surface area (Å²) in [6.45, 7) is 9.02. The molecule has 1 fully saturated rings. The molecule has 1 unspecified atom stereocenters. The van der Waals surface area contributed by atoms with Crippen molar-refractivity contribution in [3.05, 3.63) is 36.7 Å². The van der Waals surface area contributed by atoms with Crippen LogP contribution in [-0.4, -0.2) is 30.8 Å². The molecule has 1 atom stereocenters. The van der Waals surface area contributed by atoms with Crippen LogP contribution in [0.15, 0.2) is 41.9 Å². The third-order valence-corrected chi connectivity index (χ3v) is 2.29. The summed E-state index contributed by atoms with van der Waals surface area (Å²) in [6.07, 6.45) is 8.13. The molecule has 15 heavy (non-hydrogen) atoms. The van der Waals surface area contributed by atoms with E-state index < -0.39 is 0 Å². The van der Waals surface area contributed by atoms with Crippen molar-refractivity contribution in [2.45, 2.75) is 12.5 Å². The molecule has 0 aliphatic carbocycles. The van der Waals surface area contributed by atoms with Crippen molar-refractivity contribution in [1.82, 2.24) is 4.90 Å². The summed E-state index contributed by atoms with van der Waals surface area (Å²) < 4.78 is 0. The van der Waals surface area contributed by atoms with Crippen LogP contribution < -0.4 is 5.73 Å². The summed E-state index contributed by atoms with van der Waals surface area (Å²) in [5.41, 5.74) is 6.18. The zero-order chi connectivity index (χ0) is 11.1. The Morgan fingerprint density at radius 2 is 2.33 bits per heavy atom. The van der Waals surface area contributed by atoms with Crippen LogP contribution in [0.5, 0.6) is 0 Å². The Kier molecular flexibility index (Phi) is 4.47. The van der Waals surface area contributed by atoms with Gasteiger partial charge in [-0.25, -0.2) is 0 Å². The molecule has 0 radical (unpaired) electrons. The Morgan fingerprint density at radius 3 is 3.00 bits per heavy atom. The number of allylic oxidation sites excluding steroid dienone is 3. The predicted molar refractivity (Wildman–Crippen MR) is 62.2 cm³/mol.